The minimum atomic E-state index is -0.335. The molecule has 23 heavy (non-hydrogen) atoms. The fourth-order valence-electron chi connectivity index (χ4n) is 2.62. The number of hydrogen-bond acceptors (Lipinski definition) is 2. The first-order valence-corrected chi connectivity index (χ1v) is 9.75. The predicted octanol–water partition coefficient (Wildman–Crippen LogP) is 6.15. The molecule has 3 nitrogen and oxygen atoms in total. The first-order chi connectivity index (χ1) is 10.8. The van der Waals surface area contributed by atoms with E-state index in [4.69, 9.17) is 0 Å². The monoisotopic (exact) mass is 563 g/mol. The van der Waals surface area contributed by atoms with E-state index in [9.17, 15) is 9.59 Å². The molecule has 0 aromatic heterocycles. The van der Waals surface area contributed by atoms with Crippen LogP contribution in [0.1, 0.15) is 31.8 Å². The van der Waals surface area contributed by atoms with E-state index in [0.29, 0.717) is 34.7 Å². The van der Waals surface area contributed by atoms with Gasteiger partial charge in [-0.3, -0.25) is 9.59 Å². The Morgan fingerprint density at radius 2 is 1.26 bits per heavy atom. The highest BCUT2D eigenvalue weighted by Crippen LogP contribution is 2.46. The molecule has 3 rings (SSSR count). The summed E-state index contributed by atoms with van der Waals surface area (Å²) < 4.78 is 2.50. The molecule has 0 unspecified atom stereocenters. The van der Waals surface area contributed by atoms with Crippen molar-refractivity contribution in [3.05, 3.63) is 58.3 Å². The third-order valence-corrected chi connectivity index (χ3v) is 8.46. The number of amides is 2. The molecule has 1 heterocycles. The molecule has 0 fully saturated rings. The number of rotatable bonds is 1. The zero-order valence-electron chi connectivity index (χ0n) is 12.0. The Hall–Kier alpha value is -0.500. The summed E-state index contributed by atoms with van der Waals surface area (Å²) in [6.07, 6.45) is 0. The lowest BCUT2D eigenvalue weighted by atomic mass is 10.1. The second-order valence-electron chi connectivity index (χ2n) is 5.24. The lowest BCUT2D eigenvalue weighted by Crippen LogP contribution is -2.30. The maximum Gasteiger partial charge on any atom is 0.267 e. The summed E-state index contributed by atoms with van der Waals surface area (Å²) in [6, 6.07) is 5.65. The number of aryl methyl sites for hydroxylation is 2. The van der Waals surface area contributed by atoms with Crippen LogP contribution in [0.15, 0.2) is 36.1 Å². The summed E-state index contributed by atoms with van der Waals surface area (Å²) in [5, 5.41) is 0. The van der Waals surface area contributed by atoms with Crippen molar-refractivity contribution in [2.24, 2.45) is 0 Å². The molecule has 0 saturated carbocycles. The molecule has 0 aliphatic carbocycles. The van der Waals surface area contributed by atoms with Gasteiger partial charge in [-0.05, 0) is 89.2 Å². The second-order valence-corrected chi connectivity index (χ2v) is 8.41. The van der Waals surface area contributed by atoms with Crippen LogP contribution in [0.3, 0.4) is 0 Å². The van der Waals surface area contributed by atoms with E-state index in [1.54, 1.807) is 6.07 Å². The minimum Gasteiger partial charge on any atom is -0.268 e. The Labute approximate surface area is 166 Å². The molecule has 2 amide bonds. The number of fused-ring (bicyclic) bond motifs is 1. The maximum absolute atomic E-state index is 12.9. The summed E-state index contributed by atoms with van der Waals surface area (Å²) in [7, 11) is 0. The van der Waals surface area contributed by atoms with Crippen molar-refractivity contribution in [1.82, 2.24) is 0 Å². The standard InChI is InChI=1S/C16H9Br4NO2/c1-6-3-4-8(7(2)5-6)21-15(22)9-10(16(21)23)12(18)14(20)13(19)11(9)17/h3-5H,1-2H3. The van der Waals surface area contributed by atoms with Crippen LogP contribution in [0.4, 0.5) is 5.69 Å². The Balaban J connectivity index is 2.26. The van der Waals surface area contributed by atoms with Gasteiger partial charge in [-0.1, -0.05) is 17.7 Å². The van der Waals surface area contributed by atoms with Crippen molar-refractivity contribution >= 4 is 81.2 Å². The number of benzene rings is 2. The molecule has 0 spiro atoms. The molecule has 7 heteroatoms. The van der Waals surface area contributed by atoms with Crippen molar-refractivity contribution in [1.29, 1.82) is 0 Å². The fourth-order valence-corrected chi connectivity index (χ4v) is 5.08. The largest absolute Gasteiger partial charge is 0.268 e. The fraction of sp³-hybridized carbons (Fsp3) is 0.125. The van der Waals surface area contributed by atoms with Gasteiger partial charge in [0.15, 0.2) is 0 Å². The quantitative estimate of drug-likeness (QED) is 0.236. The highest BCUT2D eigenvalue weighted by Gasteiger charge is 2.42. The molecular weight excluding hydrogens is 558 g/mol. The molecule has 0 N–H and O–H groups in total. The van der Waals surface area contributed by atoms with Crippen LogP contribution in [0, 0.1) is 13.8 Å². The summed E-state index contributed by atoms with van der Waals surface area (Å²) in [4.78, 5) is 27.0. The van der Waals surface area contributed by atoms with E-state index in [1.165, 1.54) is 4.90 Å². The molecule has 1 aliphatic heterocycles. The van der Waals surface area contributed by atoms with E-state index >= 15 is 0 Å². The van der Waals surface area contributed by atoms with E-state index in [0.717, 1.165) is 11.1 Å². The van der Waals surface area contributed by atoms with Gasteiger partial charge in [0, 0.05) is 17.9 Å². The third-order valence-electron chi connectivity index (χ3n) is 3.69. The molecule has 0 radical (unpaired) electrons. The van der Waals surface area contributed by atoms with Gasteiger partial charge in [-0.2, -0.15) is 0 Å². The Morgan fingerprint density at radius 1 is 0.783 bits per heavy atom. The second kappa shape index (κ2) is 6.10. The minimum absolute atomic E-state index is 0.335. The summed E-state index contributed by atoms with van der Waals surface area (Å²) in [6.45, 7) is 3.86. The first-order valence-electron chi connectivity index (χ1n) is 6.57. The number of carbonyl (C=O) groups excluding carboxylic acids is 2. The summed E-state index contributed by atoms with van der Waals surface area (Å²) in [5.74, 6) is -0.671. The van der Waals surface area contributed by atoms with Crippen molar-refractivity contribution in [3.8, 4) is 0 Å². The highest BCUT2D eigenvalue weighted by molar-refractivity contribution is 9.15. The van der Waals surface area contributed by atoms with Gasteiger partial charge in [0.05, 0.1) is 16.8 Å². The van der Waals surface area contributed by atoms with Crippen LogP contribution < -0.4 is 4.90 Å². The van der Waals surface area contributed by atoms with Crippen LogP contribution in [0.5, 0.6) is 0 Å². The smallest absolute Gasteiger partial charge is 0.267 e. The molecule has 0 atom stereocenters. The topological polar surface area (TPSA) is 37.4 Å². The zero-order valence-corrected chi connectivity index (χ0v) is 18.4. The first kappa shape index (κ1) is 17.3. The molecule has 118 valence electrons. The van der Waals surface area contributed by atoms with Gasteiger partial charge < -0.3 is 0 Å². The molecule has 0 bridgehead atoms. The van der Waals surface area contributed by atoms with Crippen molar-refractivity contribution in [2.75, 3.05) is 4.90 Å². The highest BCUT2D eigenvalue weighted by atomic mass is 79.9. The third kappa shape index (κ3) is 2.56. The average molecular weight is 567 g/mol. The molecular formula is C16H9Br4NO2. The normalized spacial score (nSPS) is 13.7. The molecule has 2 aromatic rings. The number of anilines is 1. The van der Waals surface area contributed by atoms with E-state index in [1.807, 2.05) is 26.0 Å². The van der Waals surface area contributed by atoms with Gasteiger partial charge >= 0.3 is 0 Å². The predicted molar refractivity (Wildman–Crippen MR) is 104 cm³/mol. The number of hydrogen-bond donors (Lipinski definition) is 0. The molecule has 1 aliphatic rings. The van der Waals surface area contributed by atoms with Gasteiger partial charge in [-0.25, -0.2) is 4.90 Å². The number of halogens is 4. The Morgan fingerprint density at radius 3 is 1.70 bits per heavy atom. The van der Waals surface area contributed by atoms with Crippen LogP contribution >= 0.6 is 63.7 Å². The lowest BCUT2D eigenvalue weighted by Gasteiger charge is -2.17. The van der Waals surface area contributed by atoms with Crippen LogP contribution in [0.25, 0.3) is 0 Å². The maximum atomic E-state index is 12.9. The van der Waals surface area contributed by atoms with Crippen LogP contribution in [-0.4, -0.2) is 11.8 Å². The Bertz CT molecular complexity index is 845. The van der Waals surface area contributed by atoms with Crippen molar-refractivity contribution in [3.63, 3.8) is 0 Å². The van der Waals surface area contributed by atoms with Gasteiger partial charge in [-0.15, -0.1) is 0 Å². The van der Waals surface area contributed by atoms with Gasteiger partial charge in [0.25, 0.3) is 11.8 Å². The summed E-state index contributed by atoms with van der Waals surface area (Å²) >= 11 is 13.7. The average Bonchev–Trinajstić information content (AvgIpc) is 2.75. The molecule has 0 saturated heterocycles. The number of imide groups is 1. The van der Waals surface area contributed by atoms with E-state index < -0.39 is 0 Å². The number of carbonyl (C=O) groups is 2. The Kier molecular flexibility index (Phi) is 4.59. The zero-order chi connectivity index (χ0) is 17.0. The van der Waals surface area contributed by atoms with E-state index in [2.05, 4.69) is 63.7 Å². The van der Waals surface area contributed by atoms with Gasteiger partial charge in [0.1, 0.15) is 0 Å². The van der Waals surface area contributed by atoms with Gasteiger partial charge in [0.2, 0.25) is 0 Å². The van der Waals surface area contributed by atoms with Crippen LogP contribution in [0.2, 0.25) is 0 Å². The number of nitrogens with zero attached hydrogens (tertiary/aromatic N) is 1. The summed E-state index contributed by atoms with van der Waals surface area (Å²) in [5.41, 5.74) is 3.28. The van der Waals surface area contributed by atoms with Crippen molar-refractivity contribution < 1.29 is 9.59 Å². The van der Waals surface area contributed by atoms with E-state index in [-0.39, 0.29) is 11.8 Å². The molecule has 2 aromatic carbocycles. The van der Waals surface area contributed by atoms with Crippen molar-refractivity contribution in [2.45, 2.75) is 13.8 Å². The SMILES string of the molecule is Cc1ccc(N2C(=O)c3c(Br)c(Br)c(Br)c(Br)c3C2=O)c(C)c1. The lowest BCUT2D eigenvalue weighted by molar-refractivity contribution is 0.0925. The van der Waals surface area contributed by atoms with Crippen LogP contribution in [-0.2, 0) is 0 Å².